The maximum absolute atomic E-state index is 12.4. The van der Waals surface area contributed by atoms with Gasteiger partial charge in [-0.05, 0) is 0 Å². The second-order valence-electron chi connectivity index (χ2n) is 2.62. The predicted octanol–water partition coefficient (Wildman–Crippen LogP) is 0.651. The molecule has 0 unspecified atom stereocenters. The van der Waals surface area contributed by atoms with Crippen LogP contribution in [0.15, 0.2) is 0 Å². The van der Waals surface area contributed by atoms with Crippen molar-refractivity contribution < 1.29 is 18.6 Å². The molecule has 1 aliphatic heterocycles. The Bertz CT molecular complexity index is 116. The van der Waals surface area contributed by atoms with E-state index in [1.165, 1.54) is 0 Å². The van der Waals surface area contributed by atoms with Gasteiger partial charge in [0.1, 0.15) is 6.61 Å². The van der Waals surface area contributed by atoms with Gasteiger partial charge in [0.2, 0.25) is 0 Å². The molecule has 0 saturated carbocycles. The number of aliphatic hydroxyl groups excluding tert-OH is 1. The summed E-state index contributed by atoms with van der Waals surface area (Å²) in [5, 5.41) is 8.51. The van der Waals surface area contributed by atoms with Gasteiger partial charge in [-0.25, -0.2) is 8.78 Å². The number of aliphatic hydroxyl groups is 1. The molecule has 0 spiro atoms. The molecular formula is C6H10F2O2. The van der Waals surface area contributed by atoms with Gasteiger partial charge in [-0.3, -0.25) is 0 Å². The van der Waals surface area contributed by atoms with Crippen LogP contribution in [0, 0.1) is 5.92 Å². The summed E-state index contributed by atoms with van der Waals surface area (Å²) in [6, 6.07) is 0. The van der Waals surface area contributed by atoms with Crippen molar-refractivity contribution in [3.63, 3.8) is 0 Å². The number of ether oxygens (including phenoxy) is 1. The van der Waals surface area contributed by atoms with E-state index < -0.39 is 12.5 Å². The van der Waals surface area contributed by atoms with Crippen LogP contribution in [-0.2, 0) is 4.74 Å². The summed E-state index contributed by atoms with van der Waals surface area (Å²) >= 11 is 0. The molecule has 1 fully saturated rings. The van der Waals surface area contributed by atoms with Crippen LogP contribution in [-0.4, -0.2) is 30.8 Å². The summed E-state index contributed by atoms with van der Waals surface area (Å²) in [5.74, 6) is -3.12. The maximum atomic E-state index is 12.4. The first-order valence-electron chi connectivity index (χ1n) is 3.20. The van der Waals surface area contributed by atoms with E-state index in [0.717, 1.165) is 0 Å². The summed E-state index contributed by atoms with van der Waals surface area (Å²) in [4.78, 5) is 0. The molecule has 1 aliphatic rings. The van der Waals surface area contributed by atoms with Crippen LogP contribution in [0.4, 0.5) is 8.78 Å². The van der Waals surface area contributed by atoms with Crippen molar-refractivity contribution in [2.45, 2.75) is 12.3 Å². The van der Waals surface area contributed by atoms with Crippen LogP contribution in [0.3, 0.4) is 0 Å². The van der Waals surface area contributed by atoms with E-state index in [0.29, 0.717) is 0 Å². The third-order valence-electron chi connectivity index (χ3n) is 1.51. The molecule has 10 heavy (non-hydrogen) atoms. The Hall–Kier alpha value is -0.220. The first-order chi connectivity index (χ1) is 4.64. The summed E-state index contributed by atoms with van der Waals surface area (Å²) < 4.78 is 29.4. The molecule has 1 N–H and O–H groups in total. The number of hydrogen-bond donors (Lipinski definition) is 1. The molecule has 1 heterocycles. The Balaban J connectivity index is 2.40. The molecule has 2 nitrogen and oxygen atoms in total. The van der Waals surface area contributed by atoms with Crippen molar-refractivity contribution in [1.29, 1.82) is 0 Å². The quantitative estimate of drug-likeness (QED) is 0.597. The first-order valence-corrected chi connectivity index (χ1v) is 3.20. The molecular weight excluding hydrogens is 142 g/mol. The zero-order valence-corrected chi connectivity index (χ0v) is 5.52. The molecule has 1 atom stereocenters. The van der Waals surface area contributed by atoms with Crippen molar-refractivity contribution in [3.8, 4) is 0 Å². The van der Waals surface area contributed by atoms with Gasteiger partial charge < -0.3 is 9.84 Å². The first kappa shape index (κ1) is 7.88. The monoisotopic (exact) mass is 152 g/mol. The highest BCUT2D eigenvalue weighted by Gasteiger charge is 2.36. The molecule has 4 heteroatoms. The summed E-state index contributed by atoms with van der Waals surface area (Å²) in [6.07, 6.45) is -0.247. The highest BCUT2D eigenvalue weighted by molar-refractivity contribution is 4.75. The van der Waals surface area contributed by atoms with E-state index in [1.54, 1.807) is 0 Å². The van der Waals surface area contributed by atoms with Gasteiger partial charge in [-0.15, -0.1) is 0 Å². The average molecular weight is 152 g/mol. The molecule has 1 rings (SSSR count). The zero-order valence-electron chi connectivity index (χ0n) is 5.52. The van der Waals surface area contributed by atoms with Crippen molar-refractivity contribution in [2.75, 3.05) is 19.8 Å². The van der Waals surface area contributed by atoms with Crippen LogP contribution in [0.2, 0.25) is 0 Å². The highest BCUT2D eigenvalue weighted by Crippen LogP contribution is 2.28. The Morgan fingerprint density at radius 2 is 2.30 bits per heavy atom. The topological polar surface area (TPSA) is 29.5 Å². The second kappa shape index (κ2) is 2.80. The van der Waals surface area contributed by atoms with E-state index in [-0.39, 0.29) is 25.6 Å². The summed E-state index contributed by atoms with van der Waals surface area (Å²) in [5.41, 5.74) is 0. The molecule has 0 bridgehead atoms. The predicted molar refractivity (Wildman–Crippen MR) is 31.0 cm³/mol. The van der Waals surface area contributed by atoms with E-state index >= 15 is 0 Å². The Kier molecular flexibility index (Phi) is 2.21. The molecule has 0 amide bonds. The van der Waals surface area contributed by atoms with Crippen LogP contribution < -0.4 is 0 Å². The van der Waals surface area contributed by atoms with Gasteiger partial charge >= 0.3 is 0 Å². The Morgan fingerprint density at radius 3 is 2.70 bits per heavy atom. The molecule has 1 saturated heterocycles. The highest BCUT2D eigenvalue weighted by atomic mass is 19.3. The molecule has 0 aliphatic carbocycles. The lowest BCUT2D eigenvalue weighted by molar-refractivity contribution is -0.142. The lowest BCUT2D eigenvalue weighted by Gasteiger charge is -2.27. The number of alkyl halides is 2. The van der Waals surface area contributed by atoms with E-state index in [4.69, 9.17) is 5.11 Å². The van der Waals surface area contributed by atoms with Crippen LogP contribution in [0.5, 0.6) is 0 Å². The lowest BCUT2D eigenvalue weighted by Crippen LogP contribution is -2.36. The average Bonchev–Trinajstić information content (AvgIpc) is 1.86. The summed E-state index contributed by atoms with van der Waals surface area (Å²) in [7, 11) is 0. The molecule has 0 radical (unpaired) electrons. The minimum Gasteiger partial charge on any atom is -0.396 e. The van der Waals surface area contributed by atoms with Gasteiger partial charge in [0.15, 0.2) is 0 Å². The molecule has 0 aromatic carbocycles. The fourth-order valence-electron chi connectivity index (χ4n) is 1.03. The van der Waals surface area contributed by atoms with Crippen LogP contribution in [0.1, 0.15) is 6.42 Å². The maximum Gasteiger partial charge on any atom is 0.271 e. The minimum absolute atomic E-state index is 0.213. The molecule has 60 valence electrons. The lowest BCUT2D eigenvalue weighted by atomic mass is 10.0. The number of halogens is 2. The third kappa shape index (κ3) is 1.88. The van der Waals surface area contributed by atoms with Gasteiger partial charge in [0.25, 0.3) is 5.92 Å². The van der Waals surface area contributed by atoms with Crippen LogP contribution >= 0.6 is 0 Å². The molecule has 0 aromatic rings. The zero-order chi connectivity index (χ0) is 7.61. The third-order valence-corrected chi connectivity index (χ3v) is 1.51. The number of rotatable bonds is 1. The SMILES string of the molecule is OC[C@@H]1COCC(F)(F)C1. The van der Waals surface area contributed by atoms with E-state index in [2.05, 4.69) is 4.74 Å². The Morgan fingerprint density at radius 1 is 1.60 bits per heavy atom. The normalized spacial score (nSPS) is 32.1. The second-order valence-corrected chi connectivity index (χ2v) is 2.62. The minimum atomic E-state index is -2.73. The van der Waals surface area contributed by atoms with Gasteiger partial charge in [-0.1, -0.05) is 0 Å². The van der Waals surface area contributed by atoms with E-state index in [1.807, 2.05) is 0 Å². The van der Waals surface area contributed by atoms with Crippen molar-refractivity contribution in [2.24, 2.45) is 5.92 Å². The summed E-state index contributed by atoms with van der Waals surface area (Å²) in [6.45, 7) is -0.453. The van der Waals surface area contributed by atoms with Crippen LogP contribution in [0.25, 0.3) is 0 Å². The van der Waals surface area contributed by atoms with Gasteiger partial charge in [0.05, 0.1) is 6.61 Å². The van der Waals surface area contributed by atoms with Crippen molar-refractivity contribution in [3.05, 3.63) is 0 Å². The van der Waals surface area contributed by atoms with Gasteiger partial charge in [-0.2, -0.15) is 0 Å². The smallest absolute Gasteiger partial charge is 0.271 e. The van der Waals surface area contributed by atoms with Gasteiger partial charge in [0, 0.05) is 18.9 Å². The number of hydrogen-bond acceptors (Lipinski definition) is 2. The van der Waals surface area contributed by atoms with Crippen molar-refractivity contribution in [1.82, 2.24) is 0 Å². The largest absolute Gasteiger partial charge is 0.396 e. The fourth-order valence-corrected chi connectivity index (χ4v) is 1.03. The fraction of sp³-hybridized carbons (Fsp3) is 1.00. The standard InChI is InChI=1S/C6H10F2O2/c7-6(8)1-5(2-9)3-10-4-6/h5,9H,1-4H2/t5-/m1/s1. The Labute approximate surface area is 57.8 Å². The molecule has 0 aromatic heterocycles. The van der Waals surface area contributed by atoms with E-state index in [9.17, 15) is 8.78 Å². The van der Waals surface area contributed by atoms with Crippen molar-refractivity contribution >= 4 is 0 Å².